The molecule has 0 aromatic rings. The fourth-order valence-corrected chi connectivity index (χ4v) is 2.69. The Kier molecular flexibility index (Phi) is 2.10. The molecule has 1 amide bonds. The van der Waals surface area contributed by atoms with Crippen LogP contribution >= 0.6 is 0 Å². The zero-order chi connectivity index (χ0) is 9.42. The van der Waals surface area contributed by atoms with Crippen LogP contribution in [0.3, 0.4) is 0 Å². The van der Waals surface area contributed by atoms with Crippen LogP contribution in [0.4, 0.5) is 0 Å². The second kappa shape index (κ2) is 3.13. The molecule has 0 aromatic heterocycles. The predicted molar refractivity (Wildman–Crippen MR) is 48.0 cm³/mol. The molecule has 0 radical (unpaired) electrons. The Bertz CT molecular complexity index is 233. The Morgan fingerprint density at radius 3 is 2.31 bits per heavy atom. The minimum Gasteiger partial charge on any atom is -0.359 e. The molecular weight excluding hydrogens is 166 g/mol. The van der Waals surface area contributed by atoms with Crippen molar-refractivity contribution in [2.24, 2.45) is 17.8 Å². The first-order valence-electron chi connectivity index (χ1n) is 4.97. The van der Waals surface area contributed by atoms with Crippen LogP contribution in [-0.4, -0.2) is 18.7 Å². The predicted octanol–water partition coefficient (Wildman–Crippen LogP) is 0.738. The lowest BCUT2D eigenvalue weighted by atomic mass is 9.79. The third-order valence-corrected chi connectivity index (χ3v) is 3.42. The van der Waals surface area contributed by atoms with Crippen LogP contribution < -0.4 is 5.32 Å². The molecule has 0 spiro atoms. The normalized spacial score (nSPS) is 37.6. The van der Waals surface area contributed by atoms with E-state index in [0.29, 0.717) is 5.78 Å². The first-order chi connectivity index (χ1) is 6.22. The summed E-state index contributed by atoms with van der Waals surface area (Å²) in [4.78, 5) is 22.9. The summed E-state index contributed by atoms with van der Waals surface area (Å²) in [6.45, 7) is 0. The van der Waals surface area contributed by atoms with Crippen LogP contribution in [0.5, 0.6) is 0 Å². The lowest BCUT2D eigenvalue weighted by molar-refractivity contribution is -0.132. The first kappa shape index (κ1) is 8.73. The number of fused-ring (bicyclic) bond motifs is 2. The third kappa shape index (κ3) is 1.36. The molecule has 2 aliphatic rings. The van der Waals surface area contributed by atoms with Crippen molar-refractivity contribution < 1.29 is 9.59 Å². The zero-order valence-corrected chi connectivity index (χ0v) is 7.88. The van der Waals surface area contributed by atoms with Gasteiger partial charge in [-0.3, -0.25) is 9.59 Å². The van der Waals surface area contributed by atoms with E-state index in [4.69, 9.17) is 0 Å². The number of hydrogen-bond donors (Lipinski definition) is 1. The summed E-state index contributed by atoms with van der Waals surface area (Å²) in [6.07, 6.45) is 3.60. The van der Waals surface area contributed by atoms with Crippen LogP contribution in [0.15, 0.2) is 0 Å². The highest BCUT2D eigenvalue weighted by Crippen LogP contribution is 2.41. The summed E-state index contributed by atoms with van der Waals surface area (Å²) < 4.78 is 0. The smallest absolute Gasteiger partial charge is 0.222 e. The summed E-state index contributed by atoms with van der Waals surface area (Å²) in [7, 11) is 1.67. The molecule has 2 aliphatic carbocycles. The largest absolute Gasteiger partial charge is 0.359 e. The van der Waals surface area contributed by atoms with Crippen LogP contribution in [0.2, 0.25) is 0 Å². The van der Waals surface area contributed by atoms with Gasteiger partial charge in [0.05, 0.1) is 0 Å². The lowest BCUT2D eigenvalue weighted by Gasteiger charge is -2.25. The Hall–Kier alpha value is -0.860. The van der Waals surface area contributed by atoms with Gasteiger partial charge >= 0.3 is 0 Å². The highest BCUT2D eigenvalue weighted by Gasteiger charge is 2.43. The van der Waals surface area contributed by atoms with Gasteiger partial charge in [0.2, 0.25) is 5.91 Å². The SMILES string of the molecule is CNC(=O)C1CC2CCC(C1)C2=O. The number of ketones is 1. The first-order valence-corrected chi connectivity index (χ1v) is 4.97. The van der Waals surface area contributed by atoms with E-state index in [1.807, 2.05) is 0 Å². The van der Waals surface area contributed by atoms with Gasteiger partial charge in [0.15, 0.2) is 0 Å². The molecule has 0 saturated heterocycles. The van der Waals surface area contributed by atoms with Crippen molar-refractivity contribution in [3.8, 4) is 0 Å². The molecule has 0 aliphatic heterocycles. The molecule has 2 atom stereocenters. The van der Waals surface area contributed by atoms with Crippen molar-refractivity contribution >= 4 is 11.7 Å². The lowest BCUT2D eigenvalue weighted by Crippen LogP contribution is -2.35. The highest BCUT2D eigenvalue weighted by atomic mass is 16.2. The van der Waals surface area contributed by atoms with E-state index in [1.54, 1.807) is 7.05 Å². The number of Topliss-reactive ketones (excluding diaryl/α,β-unsaturated/α-hetero) is 1. The van der Waals surface area contributed by atoms with Gasteiger partial charge in [-0.1, -0.05) is 0 Å². The monoisotopic (exact) mass is 181 g/mol. The van der Waals surface area contributed by atoms with E-state index in [2.05, 4.69) is 5.32 Å². The molecule has 13 heavy (non-hydrogen) atoms. The molecule has 1 N–H and O–H groups in total. The molecule has 2 saturated carbocycles. The minimum atomic E-state index is 0.0974. The number of rotatable bonds is 1. The molecule has 3 nitrogen and oxygen atoms in total. The molecule has 2 unspecified atom stereocenters. The van der Waals surface area contributed by atoms with E-state index < -0.39 is 0 Å². The fraction of sp³-hybridized carbons (Fsp3) is 0.800. The Labute approximate surface area is 77.9 Å². The number of carbonyl (C=O) groups excluding carboxylic acids is 2. The fourth-order valence-electron chi connectivity index (χ4n) is 2.69. The maximum Gasteiger partial charge on any atom is 0.222 e. The molecule has 2 rings (SSSR count). The van der Waals surface area contributed by atoms with Crippen molar-refractivity contribution in [3.05, 3.63) is 0 Å². The van der Waals surface area contributed by atoms with Crippen LogP contribution in [0.25, 0.3) is 0 Å². The topological polar surface area (TPSA) is 46.2 Å². The maximum absolute atomic E-state index is 11.5. The van der Waals surface area contributed by atoms with Gasteiger partial charge in [0, 0.05) is 24.8 Å². The number of amides is 1. The van der Waals surface area contributed by atoms with Gasteiger partial charge in [-0.05, 0) is 25.7 Å². The van der Waals surface area contributed by atoms with E-state index in [9.17, 15) is 9.59 Å². The van der Waals surface area contributed by atoms with Gasteiger partial charge in [-0.2, -0.15) is 0 Å². The molecule has 72 valence electrons. The van der Waals surface area contributed by atoms with E-state index >= 15 is 0 Å². The average Bonchev–Trinajstić information content (AvgIpc) is 2.42. The van der Waals surface area contributed by atoms with E-state index in [-0.39, 0.29) is 23.7 Å². The van der Waals surface area contributed by atoms with Crippen molar-refractivity contribution in [2.45, 2.75) is 25.7 Å². The number of carbonyl (C=O) groups is 2. The number of hydrogen-bond acceptors (Lipinski definition) is 2. The van der Waals surface area contributed by atoms with Crippen LogP contribution in [0, 0.1) is 17.8 Å². The van der Waals surface area contributed by atoms with E-state index in [1.165, 1.54) is 0 Å². The molecule has 2 bridgehead atoms. The van der Waals surface area contributed by atoms with Crippen molar-refractivity contribution in [1.29, 1.82) is 0 Å². The Morgan fingerprint density at radius 1 is 1.31 bits per heavy atom. The van der Waals surface area contributed by atoms with Gasteiger partial charge in [0.25, 0.3) is 0 Å². The molecule has 0 aromatic carbocycles. The Balaban J connectivity index is 2.06. The standard InChI is InChI=1S/C10H15NO2/c1-11-10(13)8-4-6-2-3-7(5-8)9(6)12/h6-8H,2-5H2,1H3,(H,11,13). The third-order valence-electron chi connectivity index (χ3n) is 3.42. The van der Waals surface area contributed by atoms with Crippen molar-refractivity contribution in [2.75, 3.05) is 7.05 Å². The molecular formula is C10H15NO2. The minimum absolute atomic E-state index is 0.0974. The molecule has 3 heteroatoms. The van der Waals surface area contributed by atoms with Crippen molar-refractivity contribution in [3.63, 3.8) is 0 Å². The van der Waals surface area contributed by atoms with Gasteiger partial charge in [0.1, 0.15) is 5.78 Å². The van der Waals surface area contributed by atoms with Crippen LogP contribution in [-0.2, 0) is 9.59 Å². The van der Waals surface area contributed by atoms with E-state index in [0.717, 1.165) is 25.7 Å². The van der Waals surface area contributed by atoms with Crippen molar-refractivity contribution in [1.82, 2.24) is 5.32 Å². The summed E-state index contributed by atoms with van der Waals surface area (Å²) in [5, 5.41) is 2.67. The second-order valence-electron chi connectivity index (χ2n) is 4.16. The van der Waals surface area contributed by atoms with Gasteiger partial charge < -0.3 is 5.32 Å². The van der Waals surface area contributed by atoms with Crippen LogP contribution in [0.1, 0.15) is 25.7 Å². The summed E-state index contributed by atoms with van der Waals surface area (Å²) in [5.74, 6) is 1.02. The van der Waals surface area contributed by atoms with Gasteiger partial charge in [-0.25, -0.2) is 0 Å². The average molecular weight is 181 g/mol. The summed E-state index contributed by atoms with van der Waals surface area (Å²) >= 11 is 0. The summed E-state index contributed by atoms with van der Waals surface area (Å²) in [6, 6.07) is 0. The quantitative estimate of drug-likeness (QED) is 0.648. The van der Waals surface area contributed by atoms with Gasteiger partial charge in [-0.15, -0.1) is 0 Å². The molecule has 2 fully saturated rings. The number of nitrogens with one attached hydrogen (secondary N) is 1. The maximum atomic E-state index is 11.5. The highest BCUT2D eigenvalue weighted by molar-refractivity contribution is 5.89. The summed E-state index contributed by atoms with van der Waals surface area (Å²) in [5.41, 5.74) is 0. The zero-order valence-electron chi connectivity index (χ0n) is 7.88. The second-order valence-corrected chi connectivity index (χ2v) is 4.16. The Morgan fingerprint density at radius 2 is 1.85 bits per heavy atom. The molecule has 0 heterocycles.